The topological polar surface area (TPSA) is 88.4 Å². The van der Waals surface area contributed by atoms with Crippen LogP contribution in [-0.4, -0.2) is 46.7 Å². The zero-order valence-electron chi connectivity index (χ0n) is 9.55. The molecule has 0 unspecified atom stereocenters. The van der Waals surface area contributed by atoms with Crippen LogP contribution in [-0.2, 0) is 4.79 Å². The average molecular weight is 261 g/mol. The first-order valence-electron chi connectivity index (χ1n) is 4.91. The lowest BCUT2D eigenvalue weighted by Gasteiger charge is -2.16. The van der Waals surface area contributed by atoms with E-state index < -0.39 is 5.97 Å². The van der Waals surface area contributed by atoms with E-state index in [1.165, 1.54) is 7.11 Å². The Labute approximate surface area is 103 Å². The molecule has 0 aliphatic carbocycles. The van der Waals surface area contributed by atoms with Gasteiger partial charge in [-0.3, -0.25) is 4.79 Å². The normalized spacial score (nSPS) is 10.1. The van der Waals surface area contributed by atoms with E-state index in [0.717, 1.165) is 0 Å². The Kier molecular flexibility index (Phi) is 4.89. The summed E-state index contributed by atoms with van der Waals surface area (Å²) in [6, 6.07) is 0.130. The van der Waals surface area contributed by atoms with Crippen molar-refractivity contribution < 1.29 is 14.6 Å². The van der Waals surface area contributed by atoms with Crippen LogP contribution >= 0.6 is 11.6 Å². The quantitative estimate of drug-likeness (QED) is 0.810. The monoisotopic (exact) mass is 260 g/mol. The summed E-state index contributed by atoms with van der Waals surface area (Å²) in [6.45, 7) is 0.510. The van der Waals surface area contributed by atoms with Crippen molar-refractivity contribution >= 4 is 23.5 Å². The van der Waals surface area contributed by atoms with E-state index in [1.807, 2.05) is 0 Å². The van der Waals surface area contributed by atoms with Crippen molar-refractivity contribution in [2.24, 2.45) is 0 Å². The van der Waals surface area contributed by atoms with Gasteiger partial charge >= 0.3 is 12.0 Å². The van der Waals surface area contributed by atoms with Gasteiger partial charge in [0.05, 0.1) is 7.11 Å². The van der Waals surface area contributed by atoms with Crippen LogP contribution in [0.5, 0.6) is 6.01 Å². The van der Waals surface area contributed by atoms with Crippen molar-refractivity contribution in [3.05, 3.63) is 5.28 Å². The minimum Gasteiger partial charge on any atom is -0.481 e. The largest absolute Gasteiger partial charge is 0.481 e. The third-order valence-corrected chi connectivity index (χ3v) is 2.15. The number of methoxy groups -OCH3 is 1. The van der Waals surface area contributed by atoms with E-state index in [9.17, 15) is 4.79 Å². The molecular formula is C9H13ClN4O3. The van der Waals surface area contributed by atoms with Gasteiger partial charge in [-0.2, -0.15) is 15.0 Å². The molecule has 7 nitrogen and oxygen atoms in total. The standard InChI is InChI=1S/C9H13ClN4O3/c1-14(5-3-4-6(15)16)8-11-7(10)12-9(13-8)17-2/h3-5H2,1-2H3,(H,15,16). The van der Waals surface area contributed by atoms with E-state index in [1.54, 1.807) is 11.9 Å². The number of carbonyl (C=O) groups is 1. The summed E-state index contributed by atoms with van der Waals surface area (Å²) in [5, 5.41) is 8.56. The molecule has 0 saturated carbocycles. The van der Waals surface area contributed by atoms with E-state index in [-0.39, 0.29) is 17.7 Å². The lowest BCUT2D eigenvalue weighted by Crippen LogP contribution is -2.22. The maximum atomic E-state index is 10.4. The van der Waals surface area contributed by atoms with Crippen molar-refractivity contribution in [3.63, 3.8) is 0 Å². The van der Waals surface area contributed by atoms with Crippen LogP contribution < -0.4 is 9.64 Å². The van der Waals surface area contributed by atoms with E-state index in [2.05, 4.69) is 15.0 Å². The number of carboxylic acid groups (broad SMARTS) is 1. The molecule has 0 amide bonds. The number of anilines is 1. The van der Waals surface area contributed by atoms with Gasteiger partial charge in [-0.1, -0.05) is 0 Å². The Hall–Kier alpha value is -1.63. The number of hydrogen-bond acceptors (Lipinski definition) is 6. The van der Waals surface area contributed by atoms with Crippen molar-refractivity contribution in [1.82, 2.24) is 15.0 Å². The van der Waals surface area contributed by atoms with Gasteiger partial charge in [-0.15, -0.1) is 0 Å². The van der Waals surface area contributed by atoms with E-state index >= 15 is 0 Å². The Morgan fingerprint density at radius 1 is 1.47 bits per heavy atom. The molecule has 0 radical (unpaired) electrons. The third kappa shape index (κ3) is 4.39. The number of halogens is 1. The summed E-state index contributed by atoms with van der Waals surface area (Å²) in [7, 11) is 3.17. The Morgan fingerprint density at radius 3 is 2.76 bits per heavy atom. The maximum absolute atomic E-state index is 10.4. The summed E-state index contributed by atoms with van der Waals surface area (Å²) in [5.41, 5.74) is 0. The van der Waals surface area contributed by atoms with Gasteiger partial charge in [0, 0.05) is 20.0 Å². The van der Waals surface area contributed by atoms with Crippen molar-refractivity contribution in [3.8, 4) is 6.01 Å². The first-order chi connectivity index (χ1) is 8.02. The summed E-state index contributed by atoms with van der Waals surface area (Å²) < 4.78 is 4.86. The van der Waals surface area contributed by atoms with Crippen LogP contribution in [0.4, 0.5) is 5.95 Å². The second-order valence-corrected chi connectivity index (χ2v) is 3.65. The molecule has 1 aromatic heterocycles. The van der Waals surface area contributed by atoms with Crippen LogP contribution in [0, 0.1) is 0 Å². The van der Waals surface area contributed by atoms with Gasteiger partial charge in [0.25, 0.3) is 0 Å². The summed E-state index contributed by atoms with van der Waals surface area (Å²) in [5.74, 6) is -0.475. The van der Waals surface area contributed by atoms with Crippen LogP contribution in [0.3, 0.4) is 0 Å². The summed E-state index contributed by atoms with van der Waals surface area (Å²) in [4.78, 5) is 23.7. The summed E-state index contributed by atoms with van der Waals surface area (Å²) in [6.07, 6.45) is 0.595. The lowest BCUT2D eigenvalue weighted by molar-refractivity contribution is -0.137. The first-order valence-corrected chi connectivity index (χ1v) is 5.29. The molecule has 0 aromatic carbocycles. The summed E-state index contributed by atoms with van der Waals surface area (Å²) >= 11 is 5.69. The average Bonchev–Trinajstić information content (AvgIpc) is 2.27. The fourth-order valence-electron chi connectivity index (χ4n) is 1.15. The highest BCUT2D eigenvalue weighted by atomic mass is 35.5. The third-order valence-electron chi connectivity index (χ3n) is 1.98. The Bertz CT molecular complexity index is 402. The van der Waals surface area contributed by atoms with Gasteiger partial charge in [0.15, 0.2) is 0 Å². The minimum atomic E-state index is -0.829. The fraction of sp³-hybridized carbons (Fsp3) is 0.556. The zero-order chi connectivity index (χ0) is 12.8. The number of rotatable bonds is 6. The van der Waals surface area contributed by atoms with Gasteiger partial charge in [-0.05, 0) is 18.0 Å². The molecule has 8 heteroatoms. The number of hydrogen-bond donors (Lipinski definition) is 1. The van der Waals surface area contributed by atoms with Crippen LogP contribution in [0.2, 0.25) is 5.28 Å². The molecule has 0 spiro atoms. The number of aromatic nitrogens is 3. The number of nitrogens with zero attached hydrogens (tertiary/aromatic N) is 4. The van der Waals surface area contributed by atoms with E-state index in [4.69, 9.17) is 21.4 Å². The molecule has 0 bridgehead atoms. The minimum absolute atomic E-state index is 0.0388. The van der Waals surface area contributed by atoms with Crippen LogP contribution in [0.25, 0.3) is 0 Å². The number of aliphatic carboxylic acids is 1. The highest BCUT2D eigenvalue weighted by Crippen LogP contribution is 2.13. The fourth-order valence-corrected chi connectivity index (χ4v) is 1.30. The second kappa shape index (κ2) is 6.19. The van der Waals surface area contributed by atoms with Gasteiger partial charge < -0.3 is 14.7 Å². The molecule has 1 rings (SSSR count). The SMILES string of the molecule is COc1nc(Cl)nc(N(C)CCCC(=O)O)n1. The number of ether oxygens (including phenoxy) is 1. The van der Waals surface area contributed by atoms with Crippen molar-refractivity contribution in [2.45, 2.75) is 12.8 Å². The van der Waals surface area contributed by atoms with Crippen molar-refractivity contribution in [1.29, 1.82) is 0 Å². The lowest BCUT2D eigenvalue weighted by atomic mass is 10.3. The molecule has 1 aromatic rings. The molecule has 0 saturated heterocycles. The molecule has 1 N–H and O–H groups in total. The molecular weight excluding hydrogens is 248 g/mol. The van der Waals surface area contributed by atoms with Crippen LogP contribution in [0.15, 0.2) is 0 Å². The molecule has 0 aliphatic rings. The Balaban J connectivity index is 2.64. The predicted octanol–water partition coefficient (Wildman–Crippen LogP) is 0.835. The molecule has 0 atom stereocenters. The smallest absolute Gasteiger partial charge is 0.322 e. The van der Waals surface area contributed by atoms with Gasteiger partial charge in [0.1, 0.15) is 0 Å². The second-order valence-electron chi connectivity index (χ2n) is 3.31. The van der Waals surface area contributed by atoms with E-state index in [0.29, 0.717) is 18.9 Å². The highest BCUT2D eigenvalue weighted by molar-refractivity contribution is 6.28. The number of carboxylic acids is 1. The molecule has 0 fully saturated rings. The molecule has 94 valence electrons. The molecule has 0 aliphatic heterocycles. The maximum Gasteiger partial charge on any atom is 0.322 e. The van der Waals surface area contributed by atoms with Gasteiger partial charge in [-0.25, -0.2) is 0 Å². The van der Waals surface area contributed by atoms with Gasteiger partial charge in [0.2, 0.25) is 11.2 Å². The first kappa shape index (κ1) is 13.4. The molecule has 17 heavy (non-hydrogen) atoms. The predicted molar refractivity (Wildman–Crippen MR) is 61.5 cm³/mol. The Morgan fingerprint density at radius 2 is 2.18 bits per heavy atom. The zero-order valence-corrected chi connectivity index (χ0v) is 10.3. The highest BCUT2D eigenvalue weighted by Gasteiger charge is 2.09. The van der Waals surface area contributed by atoms with Crippen molar-refractivity contribution in [2.75, 3.05) is 25.6 Å². The van der Waals surface area contributed by atoms with Crippen LogP contribution in [0.1, 0.15) is 12.8 Å². The molecule has 1 heterocycles.